The predicted molar refractivity (Wildman–Crippen MR) is 42.5 cm³/mol. The highest BCUT2D eigenvalue weighted by atomic mass is 35.5. The average Bonchev–Trinajstić information content (AvgIpc) is 2.03. The lowest BCUT2D eigenvalue weighted by Gasteiger charge is -1.84. The molecule has 0 saturated carbocycles. The fraction of sp³-hybridized carbons (Fsp3) is 0.143. The summed E-state index contributed by atoms with van der Waals surface area (Å²) in [6.07, 6.45) is 2.71. The first-order valence-electron chi connectivity index (χ1n) is 2.92. The molecular formula is C7H5ClN2O. The Morgan fingerprint density at radius 3 is 3.18 bits per heavy atom. The number of H-pyrrole nitrogens is 1. The summed E-state index contributed by atoms with van der Waals surface area (Å²) in [7, 11) is 0. The van der Waals surface area contributed by atoms with Crippen LogP contribution in [-0.2, 0) is 0 Å². The minimum atomic E-state index is -0.238. The van der Waals surface area contributed by atoms with Crippen molar-refractivity contribution in [2.45, 2.75) is 0 Å². The molecule has 1 aromatic heterocycles. The van der Waals surface area contributed by atoms with Gasteiger partial charge in [0.2, 0.25) is 0 Å². The van der Waals surface area contributed by atoms with E-state index >= 15 is 0 Å². The van der Waals surface area contributed by atoms with Gasteiger partial charge in [0, 0.05) is 6.20 Å². The first-order chi connectivity index (χ1) is 5.34. The Kier molecular flexibility index (Phi) is 2.70. The SMILES string of the molecule is O=c1[nH]cncc1C#CCCl. The number of hydrogen-bond acceptors (Lipinski definition) is 2. The van der Waals surface area contributed by atoms with E-state index in [-0.39, 0.29) is 11.4 Å². The van der Waals surface area contributed by atoms with E-state index in [9.17, 15) is 4.79 Å². The van der Waals surface area contributed by atoms with E-state index in [4.69, 9.17) is 11.6 Å². The van der Waals surface area contributed by atoms with E-state index in [2.05, 4.69) is 21.8 Å². The van der Waals surface area contributed by atoms with Crippen molar-refractivity contribution >= 4 is 11.6 Å². The molecule has 0 saturated heterocycles. The molecule has 56 valence electrons. The van der Waals surface area contributed by atoms with Gasteiger partial charge >= 0.3 is 0 Å². The normalized spacial score (nSPS) is 8.45. The highest BCUT2D eigenvalue weighted by molar-refractivity contribution is 6.19. The Balaban J connectivity index is 3.05. The molecule has 0 spiro atoms. The molecule has 1 aromatic rings. The summed E-state index contributed by atoms with van der Waals surface area (Å²) >= 11 is 5.30. The van der Waals surface area contributed by atoms with Crippen molar-refractivity contribution in [3.05, 3.63) is 28.4 Å². The van der Waals surface area contributed by atoms with Crippen LogP contribution in [0.25, 0.3) is 0 Å². The van der Waals surface area contributed by atoms with Gasteiger partial charge in [0.05, 0.1) is 12.2 Å². The van der Waals surface area contributed by atoms with Gasteiger partial charge in [0.15, 0.2) is 0 Å². The molecule has 0 unspecified atom stereocenters. The van der Waals surface area contributed by atoms with Crippen molar-refractivity contribution in [3.8, 4) is 11.8 Å². The summed E-state index contributed by atoms with van der Waals surface area (Å²) in [5, 5.41) is 0. The summed E-state index contributed by atoms with van der Waals surface area (Å²) < 4.78 is 0. The predicted octanol–water partition coefficient (Wildman–Crippen LogP) is 0.360. The molecule has 1 heterocycles. The zero-order chi connectivity index (χ0) is 8.10. The Morgan fingerprint density at radius 1 is 1.73 bits per heavy atom. The Hall–Kier alpha value is -1.27. The molecule has 1 N–H and O–H groups in total. The standard InChI is InChI=1S/C7H5ClN2O/c8-3-1-2-6-4-9-5-10-7(6)11/h4-5H,3H2,(H,9,10,11). The number of aromatic amines is 1. The molecule has 0 aromatic carbocycles. The third-order valence-electron chi connectivity index (χ3n) is 1.01. The van der Waals surface area contributed by atoms with E-state index in [1.54, 1.807) is 0 Å². The van der Waals surface area contributed by atoms with Gasteiger partial charge in [-0.15, -0.1) is 11.6 Å². The lowest BCUT2D eigenvalue weighted by Crippen LogP contribution is -2.09. The first-order valence-corrected chi connectivity index (χ1v) is 3.45. The maximum absolute atomic E-state index is 10.9. The smallest absolute Gasteiger partial charge is 0.266 e. The molecule has 3 nitrogen and oxygen atoms in total. The van der Waals surface area contributed by atoms with Crippen LogP contribution in [0.15, 0.2) is 17.3 Å². The minimum absolute atomic E-state index is 0.217. The van der Waals surface area contributed by atoms with Crippen molar-refractivity contribution in [1.29, 1.82) is 0 Å². The largest absolute Gasteiger partial charge is 0.312 e. The summed E-state index contributed by atoms with van der Waals surface area (Å²) in [6.45, 7) is 0. The summed E-state index contributed by atoms with van der Waals surface area (Å²) in [5.74, 6) is 5.35. The fourth-order valence-electron chi connectivity index (χ4n) is 0.562. The number of rotatable bonds is 0. The molecule has 0 fully saturated rings. The van der Waals surface area contributed by atoms with Crippen molar-refractivity contribution in [2.24, 2.45) is 0 Å². The topological polar surface area (TPSA) is 45.8 Å². The van der Waals surface area contributed by atoms with Crippen LogP contribution in [-0.4, -0.2) is 15.8 Å². The number of hydrogen-bond donors (Lipinski definition) is 1. The van der Waals surface area contributed by atoms with Crippen molar-refractivity contribution in [3.63, 3.8) is 0 Å². The van der Waals surface area contributed by atoms with Gasteiger partial charge in [-0.3, -0.25) is 4.79 Å². The Bertz CT molecular complexity index is 347. The highest BCUT2D eigenvalue weighted by Gasteiger charge is 1.90. The molecule has 11 heavy (non-hydrogen) atoms. The van der Waals surface area contributed by atoms with Gasteiger partial charge in [-0.2, -0.15) is 0 Å². The van der Waals surface area contributed by atoms with E-state index in [1.807, 2.05) is 0 Å². The average molecular weight is 169 g/mol. The van der Waals surface area contributed by atoms with E-state index in [0.717, 1.165) is 0 Å². The summed E-state index contributed by atoms with van der Waals surface area (Å²) in [6, 6.07) is 0. The molecule has 0 bridgehead atoms. The third kappa shape index (κ3) is 2.10. The monoisotopic (exact) mass is 168 g/mol. The van der Waals surface area contributed by atoms with Gasteiger partial charge in [-0.1, -0.05) is 11.8 Å². The Labute approximate surface area is 68.4 Å². The third-order valence-corrected chi connectivity index (χ3v) is 1.14. The maximum atomic E-state index is 10.9. The zero-order valence-electron chi connectivity index (χ0n) is 5.60. The number of nitrogens with zero attached hydrogens (tertiary/aromatic N) is 1. The second-order valence-electron chi connectivity index (χ2n) is 1.73. The van der Waals surface area contributed by atoms with Crippen LogP contribution in [0.5, 0.6) is 0 Å². The van der Waals surface area contributed by atoms with E-state index < -0.39 is 0 Å². The van der Waals surface area contributed by atoms with Crippen LogP contribution < -0.4 is 5.56 Å². The lowest BCUT2D eigenvalue weighted by atomic mass is 10.3. The van der Waals surface area contributed by atoms with Crippen molar-refractivity contribution in [1.82, 2.24) is 9.97 Å². The van der Waals surface area contributed by atoms with Crippen LogP contribution in [0.2, 0.25) is 0 Å². The lowest BCUT2D eigenvalue weighted by molar-refractivity contribution is 1.10. The first kappa shape index (κ1) is 7.83. The number of alkyl halides is 1. The summed E-state index contributed by atoms with van der Waals surface area (Å²) in [5.41, 5.74) is 0.103. The zero-order valence-corrected chi connectivity index (χ0v) is 6.35. The molecule has 0 atom stereocenters. The van der Waals surface area contributed by atoms with Crippen LogP contribution in [0.3, 0.4) is 0 Å². The quantitative estimate of drug-likeness (QED) is 0.449. The molecule has 4 heteroatoms. The van der Waals surface area contributed by atoms with Gasteiger partial charge in [0.1, 0.15) is 5.56 Å². The molecule has 0 radical (unpaired) electrons. The number of nitrogens with one attached hydrogen (secondary N) is 1. The van der Waals surface area contributed by atoms with Gasteiger partial charge in [-0.05, 0) is 0 Å². The van der Waals surface area contributed by atoms with Gasteiger partial charge in [-0.25, -0.2) is 4.98 Å². The molecule has 0 amide bonds. The fourth-order valence-corrected chi connectivity index (χ4v) is 0.629. The molecule has 0 aliphatic rings. The second kappa shape index (κ2) is 3.79. The van der Waals surface area contributed by atoms with Crippen LogP contribution in [0.4, 0.5) is 0 Å². The molecule has 0 aliphatic carbocycles. The second-order valence-corrected chi connectivity index (χ2v) is 2.00. The van der Waals surface area contributed by atoms with Crippen LogP contribution in [0, 0.1) is 11.8 Å². The highest BCUT2D eigenvalue weighted by Crippen LogP contribution is 1.80. The maximum Gasteiger partial charge on any atom is 0.266 e. The van der Waals surface area contributed by atoms with Gasteiger partial charge < -0.3 is 4.98 Å². The number of halogens is 1. The van der Waals surface area contributed by atoms with Crippen LogP contribution in [0.1, 0.15) is 5.56 Å². The van der Waals surface area contributed by atoms with Crippen molar-refractivity contribution < 1.29 is 0 Å². The minimum Gasteiger partial charge on any atom is -0.312 e. The van der Waals surface area contributed by atoms with E-state index in [0.29, 0.717) is 5.56 Å². The Morgan fingerprint density at radius 2 is 2.55 bits per heavy atom. The van der Waals surface area contributed by atoms with Gasteiger partial charge in [0.25, 0.3) is 5.56 Å². The molecule has 0 aliphatic heterocycles. The number of aromatic nitrogens is 2. The summed E-state index contributed by atoms with van der Waals surface area (Å²) in [4.78, 5) is 17.0. The van der Waals surface area contributed by atoms with Crippen molar-refractivity contribution in [2.75, 3.05) is 5.88 Å². The van der Waals surface area contributed by atoms with Crippen LogP contribution >= 0.6 is 11.6 Å². The van der Waals surface area contributed by atoms with E-state index in [1.165, 1.54) is 12.5 Å². The molecular weight excluding hydrogens is 164 g/mol. The molecule has 1 rings (SSSR count).